The van der Waals surface area contributed by atoms with E-state index in [4.69, 9.17) is 32.7 Å². The number of anilines is 1. The largest absolute Gasteiger partial charge is 0.493 e. The molecule has 0 radical (unpaired) electrons. The zero-order valence-electron chi connectivity index (χ0n) is 22.0. The molecule has 38 heavy (non-hydrogen) atoms. The molecule has 3 aromatic rings. The number of hydrogen-bond acceptors (Lipinski definition) is 5. The quantitative estimate of drug-likeness (QED) is 0.256. The molecule has 0 aliphatic heterocycles. The Labute approximate surface area is 238 Å². The molecule has 2 aromatic carbocycles. The highest BCUT2D eigenvalue weighted by atomic mass is 35.5. The molecule has 0 bridgehead atoms. The Bertz CT molecular complexity index is 1200. The molecule has 0 saturated carbocycles. The van der Waals surface area contributed by atoms with Crippen molar-refractivity contribution in [3.05, 3.63) is 74.4 Å². The Balaban J connectivity index is 1.77. The second-order valence-electron chi connectivity index (χ2n) is 9.14. The predicted octanol–water partition coefficient (Wildman–Crippen LogP) is 6.83. The Kier molecular flexibility index (Phi) is 11.1. The first-order valence-corrected chi connectivity index (χ1v) is 13.9. The first-order chi connectivity index (χ1) is 18.2. The van der Waals surface area contributed by atoms with Crippen molar-refractivity contribution in [1.82, 2.24) is 9.80 Å². The van der Waals surface area contributed by atoms with Gasteiger partial charge in [-0.3, -0.25) is 4.79 Å². The van der Waals surface area contributed by atoms with Crippen LogP contribution in [0.1, 0.15) is 24.3 Å². The van der Waals surface area contributed by atoms with Gasteiger partial charge in [0.25, 0.3) is 0 Å². The van der Waals surface area contributed by atoms with Gasteiger partial charge < -0.3 is 24.6 Å². The van der Waals surface area contributed by atoms with Crippen molar-refractivity contribution in [2.45, 2.75) is 26.8 Å². The summed E-state index contributed by atoms with van der Waals surface area (Å²) in [5.41, 5.74) is 1.34. The van der Waals surface area contributed by atoms with E-state index in [1.165, 1.54) is 4.90 Å². The van der Waals surface area contributed by atoms with Crippen LogP contribution in [0.5, 0.6) is 11.5 Å². The Morgan fingerprint density at radius 1 is 0.974 bits per heavy atom. The van der Waals surface area contributed by atoms with Crippen LogP contribution < -0.4 is 14.8 Å². The molecule has 0 saturated heterocycles. The molecular weight excluding hydrogens is 545 g/mol. The molecule has 1 heterocycles. The fourth-order valence-electron chi connectivity index (χ4n) is 3.91. The van der Waals surface area contributed by atoms with E-state index in [1.807, 2.05) is 49.6 Å². The highest BCUT2D eigenvalue weighted by Gasteiger charge is 2.24. The van der Waals surface area contributed by atoms with E-state index in [0.717, 1.165) is 10.4 Å². The molecule has 1 aromatic heterocycles. The smallest absolute Gasteiger partial charge is 0.322 e. The number of methoxy groups -OCH3 is 2. The van der Waals surface area contributed by atoms with Crippen LogP contribution in [0.3, 0.4) is 0 Å². The van der Waals surface area contributed by atoms with Crippen LogP contribution in [0.15, 0.2) is 53.9 Å². The number of thiophene rings is 1. The van der Waals surface area contributed by atoms with Crippen LogP contribution in [0.2, 0.25) is 10.0 Å². The minimum Gasteiger partial charge on any atom is -0.493 e. The molecule has 10 heteroatoms. The third-order valence-electron chi connectivity index (χ3n) is 5.79. The van der Waals surface area contributed by atoms with E-state index < -0.39 is 6.03 Å². The topological polar surface area (TPSA) is 71.1 Å². The number of para-hydroxylation sites is 1. The molecule has 1 N–H and O–H groups in total. The number of urea groups is 1. The van der Waals surface area contributed by atoms with Gasteiger partial charge in [0, 0.05) is 18.0 Å². The van der Waals surface area contributed by atoms with Crippen LogP contribution in [-0.4, -0.2) is 55.6 Å². The zero-order chi connectivity index (χ0) is 27.7. The molecule has 204 valence electrons. The van der Waals surface area contributed by atoms with Crippen LogP contribution in [0.4, 0.5) is 10.5 Å². The fraction of sp³-hybridized carbons (Fsp3) is 0.357. The summed E-state index contributed by atoms with van der Waals surface area (Å²) < 4.78 is 10.8. The van der Waals surface area contributed by atoms with Crippen LogP contribution >= 0.6 is 34.5 Å². The minimum atomic E-state index is -0.432. The van der Waals surface area contributed by atoms with Gasteiger partial charge in [-0.2, -0.15) is 0 Å². The van der Waals surface area contributed by atoms with E-state index in [-0.39, 0.29) is 18.4 Å². The molecular formula is C28H33Cl2N3O4S. The predicted molar refractivity (Wildman–Crippen MR) is 155 cm³/mol. The number of carbonyl (C=O) groups is 2. The summed E-state index contributed by atoms with van der Waals surface area (Å²) in [6.07, 6.45) is 0.614. The Hall–Kier alpha value is -2.94. The summed E-state index contributed by atoms with van der Waals surface area (Å²) in [7, 11) is 3.19. The number of halogens is 2. The van der Waals surface area contributed by atoms with Crippen LogP contribution in [0, 0.1) is 5.92 Å². The highest BCUT2D eigenvalue weighted by molar-refractivity contribution is 7.09. The molecule has 0 aliphatic carbocycles. The molecule has 7 nitrogen and oxygen atoms in total. The van der Waals surface area contributed by atoms with Crippen molar-refractivity contribution in [3.8, 4) is 11.5 Å². The number of ether oxygens (including phenoxy) is 2. The van der Waals surface area contributed by atoms with Gasteiger partial charge in [0.15, 0.2) is 11.5 Å². The van der Waals surface area contributed by atoms with Gasteiger partial charge in [-0.25, -0.2) is 4.79 Å². The van der Waals surface area contributed by atoms with Crippen LogP contribution in [-0.2, 0) is 17.8 Å². The van der Waals surface area contributed by atoms with Crippen molar-refractivity contribution in [2.75, 3.05) is 39.2 Å². The van der Waals surface area contributed by atoms with Crippen molar-refractivity contribution in [1.29, 1.82) is 0 Å². The lowest BCUT2D eigenvalue weighted by molar-refractivity contribution is -0.132. The van der Waals surface area contributed by atoms with Crippen molar-refractivity contribution < 1.29 is 19.1 Å². The SMILES string of the molecule is COc1ccc(CCN(Cc2cccs2)C(=O)CN(CC(C)C)C(=O)Nc2c(Cl)cccc2Cl)cc1OC. The molecule has 0 aliphatic rings. The maximum absolute atomic E-state index is 13.6. The van der Waals surface area contributed by atoms with E-state index >= 15 is 0 Å². The lowest BCUT2D eigenvalue weighted by Crippen LogP contribution is -2.46. The van der Waals surface area contributed by atoms with Gasteiger partial charge in [0.1, 0.15) is 6.54 Å². The normalized spacial score (nSPS) is 10.8. The Morgan fingerprint density at radius 2 is 1.68 bits per heavy atom. The average molecular weight is 579 g/mol. The first-order valence-electron chi connectivity index (χ1n) is 12.2. The van der Waals surface area contributed by atoms with Crippen molar-refractivity contribution >= 4 is 52.2 Å². The van der Waals surface area contributed by atoms with Crippen molar-refractivity contribution in [3.63, 3.8) is 0 Å². The van der Waals surface area contributed by atoms with Crippen LogP contribution in [0.25, 0.3) is 0 Å². The minimum absolute atomic E-state index is 0.0800. The summed E-state index contributed by atoms with van der Waals surface area (Å²) in [4.78, 5) is 31.2. The van der Waals surface area contributed by atoms with Gasteiger partial charge >= 0.3 is 6.03 Å². The number of amides is 3. The van der Waals surface area contributed by atoms with Gasteiger partial charge in [0.05, 0.1) is 36.5 Å². The van der Waals surface area contributed by atoms with E-state index in [0.29, 0.717) is 53.3 Å². The molecule has 0 atom stereocenters. The zero-order valence-corrected chi connectivity index (χ0v) is 24.3. The average Bonchev–Trinajstić information content (AvgIpc) is 3.41. The number of rotatable bonds is 12. The number of nitrogens with one attached hydrogen (secondary N) is 1. The third kappa shape index (κ3) is 8.28. The summed E-state index contributed by atoms with van der Waals surface area (Å²) in [5.74, 6) is 1.28. The second kappa shape index (κ2) is 14.3. The van der Waals surface area contributed by atoms with Crippen molar-refractivity contribution in [2.24, 2.45) is 5.92 Å². The van der Waals surface area contributed by atoms with Gasteiger partial charge in [0.2, 0.25) is 5.91 Å². The van der Waals surface area contributed by atoms with E-state index in [2.05, 4.69) is 5.32 Å². The van der Waals surface area contributed by atoms with E-state index in [1.54, 1.807) is 48.7 Å². The summed E-state index contributed by atoms with van der Waals surface area (Å²) in [6.45, 7) is 5.23. The standard InChI is InChI=1S/C28H33Cl2N3O4S/c1-19(2)16-33(28(35)31-27-22(29)8-5-9-23(27)30)18-26(34)32(17-21-7-6-14-38-21)13-12-20-10-11-24(36-3)25(15-20)37-4/h5-11,14-15,19H,12-13,16-18H2,1-4H3,(H,31,35). The monoisotopic (exact) mass is 577 g/mol. The Morgan fingerprint density at radius 3 is 2.29 bits per heavy atom. The van der Waals surface area contributed by atoms with Gasteiger partial charge in [-0.15, -0.1) is 11.3 Å². The molecule has 3 rings (SSSR count). The third-order valence-corrected chi connectivity index (χ3v) is 7.28. The van der Waals surface area contributed by atoms with Gasteiger partial charge in [-0.1, -0.05) is 55.2 Å². The summed E-state index contributed by atoms with van der Waals surface area (Å²) >= 11 is 14.1. The maximum Gasteiger partial charge on any atom is 0.322 e. The molecule has 0 spiro atoms. The first kappa shape index (κ1) is 29.6. The molecule has 3 amide bonds. The molecule has 0 unspecified atom stereocenters. The maximum atomic E-state index is 13.6. The number of carbonyl (C=O) groups excluding carboxylic acids is 2. The summed E-state index contributed by atoms with van der Waals surface area (Å²) in [5, 5.41) is 5.43. The second-order valence-corrected chi connectivity index (χ2v) is 11.0. The fourth-order valence-corrected chi connectivity index (χ4v) is 5.12. The number of hydrogen-bond donors (Lipinski definition) is 1. The molecule has 0 fully saturated rings. The highest BCUT2D eigenvalue weighted by Crippen LogP contribution is 2.30. The van der Waals surface area contributed by atoms with E-state index in [9.17, 15) is 9.59 Å². The van der Waals surface area contributed by atoms with Gasteiger partial charge in [-0.05, 0) is 53.6 Å². The summed E-state index contributed by atoms with van der Waals surface area (Å²) in [6, 6.07) is 14.3. The lowest BCUT2D eigenvalue weighted by atomic mass is 10.1. The number of benzene rings is 2. The lowest BCUT2D eigenvalue weighted by Gasteiger charge is -2.29. The number of nitrogens with zero attached hydrogens (tertiary/aromatic N) is 2.